The van der Waals surface area contributed by atoms with Crippen LogP contribution in [0.15, 0.2) is 0 Å². The molecule has 1 atom stereocenters. The molecule has 0 heteroatoms. The highest BCUT2D eigenvalue weighted by Gasteiger charge is 2.33. The first kappa shape index (κ1) is 1.84. The van der Waals surface area contributed by atoms with E-state index >= 15 is 0 Å². The maximum Gasteiger partial charge on any atom is 0.0300 e. The van der Waals surface area contributed by atoms with E-state index in [0.717, 1.165) is 20.8 Å². The summed E-state index contributed by atoms with van der Waals surface area (Å²) in [4.78, 5) is 0. The second-order valence-electron chi connectivity index (χ2n) is 2.25. The molecule has 0 bridgehead atoms. The molecule has 1 rings (SSSR count). The molecular formula is C10H20. The summed E-state index contributed by atoms with van der Waals surface area (Å²) in [6.07, 6.45) is -14.9. The summed E-state index contributed by atoms with van der Waals surface area (Å²) < 4.78 is 87.8. The SMILES string of the molecule is [2H]C([2H])(C)C1(C([2H])([2H])C)C([2H])([2H])C([2H])([2H])C([2H])(C)C1([2H])[2H]. The highest BCUT2D eigenvalue weighted by molar-refractivity contribution is 4.85. The largest absolute Gasteiger partial charge is 0.0649 e. The monoisotopic (exact) mass is 151 g/mol. The van der Waals surface area contributed by atoms with Crippen molar-refractivity contribution >= 4 is 0 Å². The molecule has 0 aliphatic heterocycles. The molecule has 0 saturated heterocycles. The molecule has 1 saturated carbocycles. The summed E-state index contributed by atoms with van der Waals surface area (Å²) in [5.41, 5.74) is -3.00. The molecule has 0 nitrogen and oxygen atoms in total. The van der Waals surface area contributed by atoms with E-state index in [4.69, 9.17) is 15.1 Å². The smallest absolute Gasteiger partial charge is 0.0300 e. The van der Waals surface area contributed by atoms with E-state index in [1.165, 1.54) is 0 Å². The molecule has 1 aliphatic rings. The molecule has 1 aliphatic carbocycles. The number of hydrogen-bond acceptors (Lipinski definition) is 0. The Hall–Kier alpha value is 0. The molecular weight excluding hydrogens is 120 g/mol. The molecule has 10 heavy (non-hydrogen) atoms. The second-order valence-corrected chi connectivity index (χ2v) is 2.25. The van der Waals surface area contributed by atoms with Crippen LogP contribution in [0.5, 0.6) is 0 Å². The van der Waals surface area contributed by atoms with Crippen molar-refractivity contribution in [2.75, 3.05) is 0 Å². The van der Waals surface area contributed by atoms with Crippen LogP contribution in [-0.4, -0.2) is 0 Å². The predicted molar refractivity (Wildman–Crippen MR) is 46.0 cm³/mol. The highest BCUT2D eigenvalue weighted by Crippen LogP contribution is 2.46. The van der Waals surface area contributed by atoms with Crippen molar-refractivity contribution in [2.45, 2.75) is 52.6 Å². The number of rotatable bonds is 2. The fourth-order valence-electron chi connectivity index (χ4n) is 0.906. The zero-order valence-corrected chi connectivity index (χ0v) is 6.50. The first-order chi connectivity index (χ1) is 8.75. The standard InChI is InChI=1S/C10H20/c1-4-10(5-2)7-6-9(3)8-10/h9H,4-8H2,1-3H3/i4D2,5D2,6D2,7D2,8D2,9D. The Labute approximate surface area is 80.5 Å². The third-order valence-electron chi connectivity index (χ3n) is 1.56. The first-order valence-corrected chi connectivity index (χ1v) is 3.25. The zero-order chi connectivity index (χ0) is 17.5. The van der Waals surface area contributed by atoms with Gasteiger partial charge in [-0.15, -0.1) is 0 Å². The molecule has 0 amide bonds. The van der Waals surface area contributed by atoms with Crippen LogP contribution in [0.1, 0.15) is 67.7 Å². The van der Waals surface area contributed by atoms with Crippen molar-refractivity contribution in [1.29, 1.82) is 0 Å². The summed E-state index contributed by atoms with van der Waals surface area (Å²) in [5.74, 6) is -2.67. The Morgan fingerprint density at radius 3 is 2.50 bits per heavy atom. The summed E-state index contributed by atoms with van der Waals surface area (Å²) in [6, 6.07) is 0. The molecule has 0 aromatic heterocycles. The number of hydrogen-bond donors (Lipinski definition) is 0. The van der Waals surface area contributed by atoms with Crippen LogP contribution in [0.25, 0.3) is 0 Å². The van der Waals surface area contributed by atoms with Crippen molar-refractivity contribution in [3.63, 3.8) is 0 Å². The topological polar surface area (TPSA) is 0 Å². The third kappa shape index (κ3) is 1.36. The van der Waals surface area contributed by atoms with Crippen molar-refractivity contribution in [3.8, 4) is 0 Å². The molecule has 0 aromatic rings. The molecule has 1 unspecified atom stereocenters. The van der Waals surface area contributed by atoms with Gasteiger partial charge in [0.25, 0.3) is 0 Å². The van der Waals surface area contributed by atoms with Gasteiger partial charge in [0.2, 0.25) is 0 Å². The lowest BCUT2D eigenvalue weighted by Gasteiger charge is -2.25. The Balaban J connectivity index is 4.06. The van der Waals surface area contributed by atoms with Crippen LogP contribution >= 0.6 is 0 Å². The minimum absolute atomic E-state index is 0.835. The van der Waals surface area contributed by atoms with Gasteiger partial charge in [0.05, 0.1) is 0 Å². The van der Waals surface area contributed by atoms with Gasteiger partial charge in [-0.3, -0.25) is 0 Å². The van der Waals surface area contributed by atoms with Crippen LogP contribution in [0.3, 0.4) is 0 Å². The van der Waals surface area contributed by atoms with E-state index in [1.54, 1.807) is 0 Å². The van der Waals surface area contributed by atoms with Gasteiger partial charge in [-0.1, -0.05) is 39.9 Å². The summed E-state index contributed by atoms with van der Waals surface area (Å²) >= 11 is 0. The van der Waals surface area contributed by atoms with Gasteiger partial charge in [-0.25, -0.2) is 0 Å². The van der Waals surface area contributed by atoms with E-state index < -0.39 is 43.2 Å². The van der Waals surface area contributed by atoms with Crippen LogP contribution in [0.2, 0.25) is 0 Å². The lowest BCUT2D eigenvalue weighted by atomic mass is 9.80. The van der Waals surface area contributed by atoms with Crippen LogP contribution in [0.4, 0.5) is 0 Å². The first-order valence-electron chi connectivity index (χ1n) is 8.75. The average molecular weight is 151 g/mol. The highest BCUT2D eigenvalue weighted by atomic mass is 14.4. The van der Waals surface area contributed by atoms with Crippen molar-refractivity contribution in [1.82, 2.24) is 0 Å². The summed E-state index contributed by atoms with van der Waals surface area (Å²) in [5, 5.41) is 0. The Kier molecular flexibility index (Phi) is 0.540. The van der Waals surface area contributed by atoms with Gasteiger partial charge in [0.1, 0.15) is 0 Å². The second kappa shape index (κ2) is 2.94. The van der Waals surface area contributed by atoms with Gasteiger partial charge in [0.15, 0.2) is 0 Å². The Morgan fingerprint density at radius 1 is 1.70 bits per heavy atom. The van der Waals surface area contributed by atoms with E-state index in [2.05, 4.69) is 0 Å². The lowest BCUT2D eigenvalue weighted by Crippen LogP contribution is -2.13. The summed E-state index contributed by atoms with van der Waals surface area (Å²) in [7, 11) is 0. The maximum atomic E-state index is 8.14. The van der Waals surface area contributed by atoms with E-state index in [0.29, 0.717) is 0 Å². The fraction of sp³-hybridized carbons (Fsp3) is 1.00. The van der Waals surface area contributed by atoms with Crippen LogP contribution in [-0.2, 0) is 0 Å². The zero-order valence-electron chi connectivity index (χ0n) is 17.5. The molecule has 60 valence electrons. The maximum absolute atomic E-state index is 8.14. The van der Waals surface area contributed by atoms with Gasteiger partial charge >= 0.3 is 0 Å². The molecule has 0 aromatic carbocycles. The fourth-order valence-corrected chi connectivity index (χ4v) is 0.906. The van der Waals surface area contributed by atoms with Gasteiger partial charge in [-0.2, -0.15) is 0 Å². The predicted octanol–water partition coefficient (Wildman–Crippen LogP) is 3.61. The van der Waals surface area contributed by atoms with Crippen LogP contribution in [0, 0.1) is 11.3 Å². The van der Waals surface area contributed by atoms with Crippen molar-refractivity contribution in [2.24, 2.45) is 11.3 Å². The molecule has 0 spiro atoms. The van der Waals surface area contributed by atoms with E-state index in [1.807, 2.05) is 0 Å². The Bertz CT molecular complexity index is 395. The van der Waals surface area contributed by atoms with Gasteiger partial charge in [0, 0.05) is 15.1 Å². The molecule has 0 heterocycles. The lowest BCUT2D eigenvalue weighted by molar-refractivity contribution is 0.263. The van der Waals surface area contributed by atoms with E-state index in [-0.39, 0.29) is 0 Å². The Morgan fingerprint density at radius 2 is 2.30 bits per heavy atom. The van der Waals surface area contributed by atoms with Gasteiger partial charge < -0.3 is 0 Å². The normalized spacial score (nSPS) is 72.5. The minimum atomic E-state index is -3.24. The van der Waals surface area contributed by atoms with Crippen molar-refractivity contribution < 1.29 is 15.1 Å². The minimum Gasteiger partial charge on any atom is -0.0649 e. The van der Waals surface area contributed by atoms with Crippen LogP contribution < -0.4 is 0 Å². The van der Waals surface area contributed by atoms with Crippen molar-refractivity contribution in [3.05, 3.63) is 0 Å². The molecule has 0 N–H and O–H groups in total. The average Bonchev–Trinajstić information content (AvgIpc) is 2.15. The quantitative estimate of drug-likeness (QED) is 0.565. The molecule has 0 radical (unpaired) electrons. The van der Waals surface area contributed by atoms with E-state index in [9.17, 15) is 0 Å². The summed E-state index contributed by atoms with van der Waals surface area (Å²) in [6.45, 7) is 2.52. The van der Waals surface area contributed by atoms with Gasteiger partial charge in [-0.05, 0) is 24.1 Å². The third-order valence-corrected chi connectivity index (χ3v) is 1.56. The molecule has 1 fully saturated rings.